The molecule has 2 nitrogen and oxygen atoms in total. The number of benzene rings is 2. The molecule has 2 aromatic carbocycles. The van der Waals surface area contributed by atoms with E-state index >= 15 is 0 Å². The van der Waals surface area contributed by atoms with E-state index in [-0.39, 0.29) is 5.82 Å². The zero-order valence-electron chi connectivity index (χ0n) is 9.65. The first-order valence-electron chi connectivity index (χ1n) is 5.45. The Hall–Kier alpha value is -1.87. The zero-order chi connectivity index (χ0) is 12.4. The lowest BCUT2D eigenvalue weighted by Gasteiger charge is -2.16. The van der Waals surface area contributed by atoms with Crippen LogP contribution in [0.25, 0.3) is 0 Å². The zero-order valence-corrected chi connectivity index (χ0v) is 9.65. The summed E-state index contributed by atoms with van der Waals surface area (Å²) >= 11 is 0. The molecule has 0 saturated carbocycles. The van der Waals surface area contributed by atoms with Gasteiger partial charge in [0.2, 0.25) is 0 Å². The predicted octanol–water partition coefficient (Wildman–Crippen LogP) is 2.76. The van der Waals surface area contributed by atoms with Crippen LogP contribution in [0.2, 0.25) is 0 Å². The molecular formula is C14H15FN2. The van der Waals surface area contributed by atoms with Crippen LogP contribution in [-0.2, 0) is 0 Å². The third-order valence-electron chi connectivity index (χ3n) is 2.88. The molecule has 0 aliphatic heterocycles. The summed E-state index contributed by atoms with van der Waals surface area (Å²) in [6.45, 7) is 1.78. The molecule has 4 N–H and O–H groups in total. The Labute approximate surface area is 100 Å². The quantitative estimate of drug-likeness (QED) is 0.779. The summed E-state index contributed by atoms with van der Waals surface area (Å²) in [6, 6.07) is 11.9. The van der Waals surface area contributed by atoms with Crippen molar-refractivity contribution in [2.45, 2.75) is 13.0 Å². The third kappa shape index (κ3) is 2.29. The molecule has 88 valence electrons. The van der Waals surface area contributed by atoms with Crippen LogP contribution in [-0.4, -0.2) is 0 Å². The van der Waals surface area contributed by atoms with E-state index in [0.717, 1.165) is 5.56 Å². The van der Waals surface area contributed by atoms with Crippen molar-refractivity contribution in [3.05, 3.63) is 65.0 Å². The molecule has 0 amide bonds. The van der Waals surface area contributed by atoms with Gasteiger partial charge in [-0.3, -0.25) is 0 Å². The molecule has 0 heterocycles. The molecule has 2 aromatic rings. The van der Waals surface area contributed by atoms with Crippen LogP contribution in [0, 0.1) is 12.7 Å². The smallest absolute Gasteiger partial charge is 0.123 e. The van der Waals surface area contributed by atoms with Crippen LogP contribution >= 0.6 is 0 Å². The topological polar surface area (TPSA) is 52.0 Å². The molecule has 1 unspecified atom stereocenters. The van der Waals surface area contributed by atoms with Gasteiger partial charge in [0.05, 0.1) is 6.04 Å². The van der Waals surface area contributed by atoms with Crippen LogP contribution < -0.4 is 11.5 Å². The second-order valence-electron chi connectivity index (χ2n) is 4.11. The predicted molar refractivity (Wildman–Crippen MR) is 68.0 cm³/mol. The lowest BCUT2D eigenvalue weighted by molar-refractivity contribution is 0.622. The number of hydrogen-bond acceptors (Lipinski definition) is 2. The van der Waals surface area contributed by atoms with Gasteiger partial charge in [0.1, 0.15) is 5.82 Å². The molecule has 0 aromatic heterocycles. The highest BCUT2D eigenvalue weighted by atomic mass is 19.1. The molecule has 0 aliphatic rings. The average molecular weight is 230 g/mol. The van der Waals surface area contributed by atoms with Crippen molar-refractivity contribution >= 4 is 5.69 Å². The molecule has 0 radical (unpaired) electrons. The average Bonchev–Trinajstić information content (AvgIpc) is 2.34. The van der Waals surface area contributed by atoms with E-state index in [2.05, 4.69) is 0 Å². The summed E-state index contributed by atoms with van der Waals surface area (Å²) in [6.07, 6.45) is 0. The van der Waals surface area contributed by atoms with Gasteiger partial charge in [-0.15, -0.1) is 0 Å². The van der Waals surface area contributed by atoms with E-state index in [4.69, 9.17) is 11.5 Å². The van der Waals surface area contributed by atoms with Gasteiger partial charge in [-0.1, -0.05) is 30.3 Å². The van der Waals surface area contributed by atoms with Gasteiger partial charge in [-0.2, -0.15) is 0 Å². The lowest BCUT2D eigenvalue weighted by Crippen LogP contribution is -2.14. The first-order valence-corrected chi connectivity index (χ1v) is 5.45. The molecule has 17 heavy (non-hydrogen) atoms. The van der Waals surface area contributed by atoms with Gasteiger partial charge in [0.15, 0.2) is 0 Å². The van der Waals surface area contributed by atoms with Crippen LogP contribution in [0.15, 0.2) is 42.5 Å². The van der Waals surface area contributed by atoms with Gasteiger partial charge in [0.25, 0.3) is 0 Å². The van der Waals surface area contributed by atoms with Crippen molar-refractivity contribution in [1.29, 1.82) is 0 Å². The van der Waals surface area contributed by atoms with E-state index in [1.54, 1.807) is 6.92 Å². The Morgan fingerprint density at radius 3 is 2.41 bits per heavy atom. The largest absolute Gasteiger partial charge is 0.398 e. The normalized spacial score (nSPS) is 12.4. The van der Waals surface area contributed by atoms with Crippen molar-refractivity contribution in [3.63, 3.8) is 0 Å². The van der Waals surface area contributed by atoms with Crippen LogP contribution in [0.5, 0.6) is 0 Å². The molecule has 0 spiro atoms. The Bertz CT molecular complexity index is 523. The minimum absolute atomic E-state index is 0.307. The number of halogens is 1. The molecule has 2 rings (SSSR count). The molecule has 0 bridgehead atoms. The first kappa shape index (κ1) is 11.6. The van der Waals surface area contributed by atoms with E-state index < -0.39 is 6.04 Å². The van der Waals surface area contributed by atoms with Crippen LogP contribution in [0.1, 0.15) is 22.7 Å². The number of anilines is 1. The maximum atomic E-state index is 13.4. The summed E-state index contributed by atoms with van der Waals surface area (Å²) in [5.74, 6) is -0.307. The number of nitrogen functional groups attached to an aromatic ring is 1. The summed E-state index contributed by atoms with van der Waals surface area (Å²) < 4.78 is 13.4. The number of rotatable bonds is 2. The second-order valence-corrected chi connectivity index (χ2v) is 4.11. The summed E-state index contributed by atoms with van der Waals surface area (Å²) in [5, 5.41) is 0. The molecular weight excluding hydrogens is 215 g/mol. The highest BCUT2D eigenvalue weighted by molar-refractivity contribution is 5.56. The monoisotopic (exact) mass is 230 g/mol. The lowest BCUT2D eigenvalue weighted by atomic mass is 9.96. The standard InChI is InChI=1S/C14H15FN2/c1-9-7-11(15)8-12(13(9)16)14(17)10-5-3-2-4-6-10/h2-8,14H,16-17H2,1H3. The third-order valence-corrected chi connectivity index (χ3v) is 2.88. The van der Waals surface area contributed by atoms with E-state index in [1.165, 1.54) is 12.1 Å². The van der Waals surface area contributed by atoms with Gasteiger partial charge >= 0.3 is 0 Å². The Balaban J connectivity index is 2.48. The fourth-order valence-electron chi connectivity index (χ4n) is 1.88. The van der Waals surface area contributed by atoms with Gasteiger partial charge < -0.3 is 11.5 Å². The van der Waals surface area contributed by atoms with Crippen LogP contribution in [0.4, 0.5) is 10.1 Å². The van der Waals surface area contributed by atoms with Crippen molar-refractivity contribution < 1.29 is 4.39 Å². The van der Waals surface area contributed by atoms with Crippen molar-refractivity contribution in [1.82, 2.24) is 0 Å². The number of hydrogen-bond donors (Lipinski definition) is 2. The van der Waals surface area contributed by atoms with Crippen LogP contribution in [0.3, 0.4) is 0 Å². The maximum absolute atomic E-state index is 13.4. The molecule has 0 aliphatic carbocycles. The Morgan fingerprint density at radius 2 is 1.76 bits per heavy atom. The first-order chi connectivity index (χ1) is 8.09. The highest BCUT2D eigenvalue weighted by Gasteiger charge is 2.14. The summed E-state index contributed by atoms with van der Waals surface area (Å²) in [4.78, 5) is 0. The maximum Gasteiger partial charge on any atom is 0.123 e. The van der Waals surface area contributed by atoms with Gasteiger partial charge in [-0.25, -0.2) is 4.39 Å². The molecule has 3 heteroatoms. The second kappa shape index (κ2) is 4.55. The molecule has 0 fully saturated rings. The van der Waals surface area contributed by atoms with E-state index in [0.29, 0.717) is 16.8 Å². The summed E-state index contributed by atoms with van der Waals surface area (Å²) in [7, 11) is 0. The molecule has 0 saturated heterocycles. The van der Waals surface area contributed by atoms with E-state index in [9.17, 15) is 4.39 Å². The Morgan fingerprint density at radius 1 is 1.12 bits per heavy atom. The highest BCUT2D eigenvalue weighted by Crippen LogP contribution is 2.27. The Kier molecular flexibility index (Phi) is 3.11. The molecule has 1 atom stereocenters. The fourth-order valence-corrected chi connectivity index (χ4v) is 1.88. The summed E-state index contributed by atoms with van der Waals surface area (Å²) in [5.41, 5.74) is 14.9. The van der Waals surface area contributed by atoms with Crippen molar-refractivity contribution in [2.24, 2.45) is 5.73 Å². The number of nitrogens with two attached hydrogens (primary N) is 2. The van der Waals surface area contributed by atoms with E-state index in [1.807, 2.05) is 30.3 Å². The minimum Gasteiger partial charge on any atom is -0.398 e. The van der Waals surface area contributed by atoms with Crippen molar-refractivity contribution in [2.75, 3.05) is 5.73 Å². The fraction of sp³-hybridized carbons (Fsp3) is 0.143. The van der Waals surface area contributed by atoms with Crippen molar-refractivity contribution in [3.8, 4) is 0 Å². The number of aryl methyl sites for hydroxylation is 1. The minimum atomic E-state index is -0.398. The van der Waals surface area contributed by atoms with Gasteiger partial charge in [0, 0.05) is 5.69 Å². The SMILES string of the molecule is Cc1cc(F)cc(C(N)c2ccccc2)c1N. The van der Waals surface area contributed by atoms with Gasteiger partial charge in [-0.05, 0) is 35.7 Å².